The van der Waals surface area contributed by atoms with E-state index in [2.05, 4.69) is 10.3 Å². The molecule has 0 aliphatic rings. The van der Waals surface area contributed by atoms with E-state index < -0.39 is 0 Å². The third-order valence-corrected chi connectivity index (χ3v) is 2.41. The highest BCUT2D eigenvalue weighted by Gasteiger charge is 2.11. The molecule has 1 amide bonds. The Labute approximate surface area is 103 Å². The van der Waals surface area contributed by atoms with E-state index >= 15 is 0 Å². The predicted molar refractivity (Wildman–Crippen MR) is 63.5 cm³/mol. The lowest BCUT2D eigenvalue weighted by atomic mass is 10.2. The molecule has 17 heavy (non-hydrogen) atoms. The average Bonchev–Trinajstić information content (AvgIpc) is 2.82. The molecule has 0 bridgehead atoms. The Hall–Kier alpha value is -2.01. The molecule has 0 aromatic carbocycles. The van der Waals surface area contributed by atoms with Crippen molar-refractivity contribution in [2.75, 3.05) is 5.73 Å². The van der Waals surface area contributed by atoms with Crippen molar-refractivity contribution in [2.24, 2.45) is 0 Å². The number of carbonyl (C=O) groups is 1. The number of pyridine rings is 1. The van der Waals surface area contributed by atoms with Gasteiger partial charge >= 0.3 is 0 Å². The monoisotopic (exact) mass is 251 g/mol. The second-order valence-corrected chi connectivity index (χ2v) is 3.73. The number of aromatic nitrogens is 1. The number of nitrogens with two attached hydrogens (primary N) is 1. The summed E-state index contributed by atoms with van der Waals surface area (Å²) in [5.74, 6) is 0.317. The zero-order chi connectivity index (χ0) is 12.3. The average molecular weight is 252 g/mol. The predicted octanol–water partition coefficient (Wildman–Crippen LogP) is 1.84. The Bertz CT molecular complexity index is 526. The Morgan fingerprint density at radius 3 is 3.12 bits per heavy atom. The fourth-order valence-corrected chi connectivity index (χ4v) is 1.49. The lowest BCUT2D eigenvalue weighted by Gasteiger charge is -2.05. The van der Waals surface area contributed by atoms with Gasteiger partial charge in [-0.15, -0.1) is 0 Å². The van der Waals surface area contributed by atoms with Crippen molar-refractivity contribution in [3.05, 3.63) is 47.1 Å². The van der Waals surface area contributed by atoms with Crippen molar-refractivity contribution < 1.29 is 9.21 Å². The van der Waals surface area contributed by atoms with E-state index in [-0.39, 0.29) is 23.2 Å². The minimum absolute atomic E-state index is 0.121. The second-order valence-electron chi connectivity index (χ2n) is 3.37. The molecule has 2 rings (SSSR count). The van der Waals surface area contributed by atoms with Crippen LogP contribution in [0, 0.1) is 0 Å². The van der Waals surface area contributed by atoms with Gasteiger partial charge in [0, 0.05) is 0 Å². The van der Waals surface area contributed by atoms with Crippen LogP contribution in [0.4, 0.5) is 5.69 Å². The summed E-state index contributed by atoms with van der Waals surface area (Å²) in [5.41, 5.74) is 6.17. The molecule has 0 atom stereocenters. The number of rotatable bonds is 3. The summed E-state index contributed by atoms with van der Waals surface area (Å²) in [6.07, 6.45) is 2.93. The Morgan fingerprint density at radius 2 is 2.41 bits per heavy atom. The molecule has 2 aromatic heterocycles. The van der Waals surface area contributed by atoms with Crippen LogP contribution >= 0.6 is 11.6 Å². The summed E-state index contributed by atoms with van der Waals surface area (Å²) in [7, 11) is 0. The molecule has 2 heterocycles. The largest absolute Gasteiger partial charge is 0.467 e. The summed E-state index contributed by atoms with van der Waals surface area (Å²) in [4.78, 5) is 15.6. The fraction of sp³-hybridized carbons (Fsp3) is 0.0909. The molecular formula is C11H10ClN3O2. The molecule has 0 radical (unpaired) electrons. The summed E-state index contributed by atoms with van der Waals surface area (Å²) in [6, 6.07) is 4.99. The van der Waals surface area contributed by atoms with Gasteiger partial charge in [-0.25, -0.2) is 4.98 Å². The number of hydrogen-bond donors (Lipinski definition) is 2. The topological polar surface area (TPSA) is 81.1 Å². The molecule has 0 aliphatic heterocycles. The molecule has 88 valence electrons. The van der Waals surface area contributed by atoms with Crippen molar-refractivity contribution in [2.45, 2.75) is 6.54 Å². The first-order valence-electron chi connectivity index (χ1n) is 4.88. The number of nitrogen functional groups attached to an aromatic ring is 1. The molecule has 2 aromatic rings. The number of nitrogens with one attached hydrogen (secondary N) is 1. The molecule has 0 fully saturated rings. The summed E-state index contributed by atoms with van der Waals surface area (Å²) >= 11 is 5.80. The molecule has 5 nitrogen and oxygen atoms in total. The number of anilines is 1. The van der Waals surface area contributed by atoms with Gasteiger partial charge in [0.1, 0.15) is 10.9 Å². The summed E-state index contributed by atoms with van der Waals surface area (Å²) in [6.45, 7) is 0.289. The molecule has 0 aliphatic carbocycles. The molecule has 3 N–H and O–H groups in total. The van der Waals surface area contributed by atoms with Crippen LogP contribution in [0.2, 0.25) is 5.15 Å². The molecule has 0 spiro atoms. The SMILES string of the molecule is Nc1cnc(Cl)c(C(=O)NCc2ccco2)c1. The van der Waals surface area contributed by atoms with E-state index in [9.17, 15) is 4.79 Å². The van der Waals surface area contributed by atoms with Gasteiger partial charge in [0.15, 0.2) is 0 Å². The van der Waals surface area contributed by atoms with Crippen LogP contribution in [0.3, 0.4) is 0 Å². The number of nitrogens with zero attached hydrogens (tertiary/aromatic N) is 1. The van der Waals surface area contributed by atoms with E-state index in [1.54, 1.807) is 12.1 Å². The number of amides is 1. The zero-order valence-corrected chi connectivity index (χ0v) is 9.57. The quantitative estimate of drug-likeness (QED) is 0.816. The van der Waals surface area contributed by atoms with E-state index in [4.69, 9.17) is 21.8 Å². The normalized spacial score (nSPS) is 10.2. The van der Waals surface area contributed by atoms with Gasteiger partial charge in [-0.1, -0.05) is 11.6 Å². The van der Waals surface area contributed by atoms with Crippen molar-refractivity contribution in [1.29, 1.82) is 0 Å². The Morgan fingerprint density at radius 1 is 1.59 bits per heavy atom. The van der Waals surface area contributed by atoms with Gasteiger partial charge in [-0.2, -0.15) is 0 Å². The second kappa shape index (κ2) is 4.88. The van der Waals surface area contributed by atoms with Crippen LogP contribution in [0.1, 0.15) is 16.1 Å². The number of hydrogen-bond acceptors (Lipinski definition) is 4. The minimum atomic E-state index is -0.341. The van der Waals surface area contributed by atoms with Gasteiger partial charge < -0.3 is 15.5 Å². The van der Waals surface area contributed by atoms with Crippen LogP contribution in [0.15, 0.2) is 35.1 Å². The van der Waals surface area contributed by atoms with Gasteiger partial charge in [0.2, 0.25) is 0 Å². The smallest absolute Gasteiger partial charge is 0.254 e. The highest BCUT2D eigenvalue weighted by molar-refractivity contribution is 6.32. The van der Waals surface area contributed by atoms with E-state index in [0.29, 0.717) is 11.4 Å². The van der Waals surface area contributed by atoms with Crippen LogP contribution < -0.4 is 11.1 Å². The van der Waals surface area contributed by atoms with Crippen LogP contribution in [-0.2, 0) is 6.54 Å². The summed E-state index contributed by atoms with van der Waals surface area (Å²) < 4.78 is 5.09. The molecule has 0 unspecified atom stereocenters. The van der Waals surface area contributed by atoms with Crippen LogP contribution in [-0.4, -0.2) is 10.9 Å². The Balaban J connectivity index is 2.07. The number of halogens is 1. The van der Waals surface area contributed by atoms with Crippen LogP contribution in [0.25, 0.3) is 0 Å². The highest BCUT2D eigenvalue weighted by Crippen LogP contribution is 2.15. The number of furan rings is 1. The maximum atomic E-state index is 11.8. The first-order chi connectivity index (χ1) is 8.16. The van der Waals surface area contributed by atoms with Crippen molar-refractivity contribution in [1.82, 2.24) is 10.3 Å². The molecule has 6 heteroatoms. The third kappa shape index (κ3) is 2.76. The van der Waals surface area contributed by atoms with E-state index in [0.717, 1.165) is 0 Å². The minimum Gasteiger partial charge on any atom is -0.467 e. The molecule has 0 saturated heterocycles. The fourth-order valence-electron chi connectivity index (χ4n) is 1.30. The Kier molecular flexibility index (Phi) is 3.30. The third-order valence-electron chi connectivity index (χ3n) is 2.11. The zero-order valence-electron chi connectivity index (χ0n) is 8.81. The maximum Gasteiger partial charge on any atom is 0.254 e. The van der Waals surface area contributed by atoms with Gasteiger partial charge in [0.25, 0.3) is 5.91 Å². The van der Waals surface area contributed by atoms with Gasteiger partial charge in [0.05, 0.1) is 30.3 Å². The van der Waals surface area contributed by atoms with Crippen molar-refractivity contribution >= 4 is 23.2 Å². The van der Waals surface area contributed by atoms with Crippen LogP contribution in [0.5, 0.6) is 0 Å². The lowest BCUT2D eigenvalue weighted by Crippen LogP contribution is -2.23. The van der Waals surface area contributed by atoms with Gasteiger partial charge in [-0.3, -0.25) is 4.79 Å². The van der Waals surface area contributed by atoms with E-state index in [1.807, 2.05) is 0 Å². The maximum absolute atomic E-state index is 11.8. The number of carbonyl (C=O) groups excluding carboxylic acids is 1. The standard InChI is InChI=1S/C11H10ClN3O2/c12-10-9(4-7(13)5-14-10)11(16)15-6-8-2-1-3-17-8/h1-5H,6,13H2,(H,15,16). The van der Waals surface area contributed by atoms with Crippen molar-refractivity contribution in [3.8, 4) is 0 Å². The summed E-state index contributed by atoms with van der Waals surface area (Å²) in [5, 5.41) is 2.78. The first kappa shape index (κ1) is 11.5. The van der Waals surface area contributed by atoms with E-state index in [1.165, 1.54) is 18.5 Å². The lowest BCUT2D eigenvalue weighted by molar-refractivity contribution is 0.0948. The first-order valence-corrected chi connectivity index (χ1v) is 5.26. The highest BCUT2D eigenvalue weighted by atomic mass is 35.5. The van der Waals surface area contributed by atoms with Gasteiger partial charge in [-0.05, 0) is 18.2 Å². The molecular weight excluding hydrogens is 242 g/mol. The van der Waals surface area contributed by atoms with Crippen molar-refractivity contribution in [3.63, 3.8) is 0 Å². The molecule has 0 saturated carbocycles.